The standard InChI is InChI=1S/C25H21FN4OS2.ClH/c1-29(2)12-13-30(25-28-23-18(26)8-5-10-22(23)33-25)24(31)17-15-20(21-11-6-14-32-21)27-19-9-4-3-7-16(17)19;/h3-11,14-15H,12-13H2,1-2H3;1H. The smallest absolute Gasteiger partial charge is 0.260 e. The van der Waals surface area contributed by atoms with Gasteiger partial charge in [0, 0.05) is 18.5 Å². The molecule has 0 N–H and O–H groups in total. The Kier molecular flexibility index (Phi) is 7.23. The Morgan fingerprint density at radius 1 is 1.00 bits per heavy atom. The summed E-state index contributed by atoms with van der Waals surface area (Å²) >= 11 is 2.91. The first-order valence-corrected chi connectivity index (χ1v) is 12.2. The molecule has 3 heterocycles. The second kappa shape index (κ2) is 10.1. The molecular formula is C25H22ClFN4OS2. The number of rotatable bonds is 6. The number of likely N-dealkylation sites (N-methyl/N-ethyl adjacent to an activating group) is 1. The molecule has 0 saturated heterocycles. The molecule has 174 valence electrons. The molecule has 5 rings (SSSR count). The van der Waals surface area contributed by atoms with Gasteiger partial charge in [-0.3, -0.25) is 9.69 Å². The highest BCUT2D eigenvalue weighted by Gasteiger charge is 2.25. The van der Waals surface area contributed by atoms with E-state index in [4.69, 9.17) is 4.98 Å². The maximum absolute atomic E-state index is 14.3. The summed E-state index contributed by atoms with van der Waals surface area (Å²) in [6.45, 7) is 1.07. The number of amides is 1. The van der Waals surface area contributed by atoms with Crippen LogP contribution in [0.3, 0.4) is 0 Å². The molecule has 0 aliphatic carbocycles. The summed E-state index contributed by atoms with van der Waals surface area (Å²) in [5.74, 6) is -0.558. The number of thiophene rings is 1. The molecule has 0 radical (unpaired) electrons. The maximum Gasteiger partial charge on any atom is 0.260 e. The number of benzene rings is 2. The quantitative estimate of drug-likeness (QED) is 0.266. The highest BCUT2D eigenvalue weighted by Crippen LogP contribution is 2.33. The number of carbonyl (C=O) groups is 1. The fourth-order valence-corrected chi connectivity index (χ4v) is 5.34. The predicted molar refractivity (Wildman–Crippen MR) is 142 cm³/mol. The van der Waals surface area contributed by atoms with Gasteiger partial charge in [0.05, 0.1) is 26.4 Å². The molecule has 1 amide bonds. The molecule has 2 aromatic carbocycles. The van der Waals surface area contributed by atoms with Gasteiger partial charge in [0.1, 0.15) is 11.3 Å². The molecular weight excluding hydrogens is 491 g/mol. The average Bonchev–Trinajstić information content (AvgIpc) is 3.49. The van der Waals surface area contributed by atoms with Crippen LogP contribution in [-0.4, -0.2) is 48.0 Å². The minimum Gasteiger partial charge on any atom is -0.308 e. The molecule has 0 spiro atoms. The monoisotopic (exact) mass is 512 g/mol. The molecule has 0 bridgehead atoms. The van der Waals surface area contributed by atoms with Gasteiger partial charge in [-0.2, -0.15) is 0 Å². The Labute approximate surface area is 210 Å². The lowest BCUT2D eigenvalue weighted by Crippen LogP contribution is -2.37. The molecule has 0 aliphatic rings. The summed E-state index contributed by atoms with van der Waals surface area (Å²) < 4.78 is 15.1. The summed E-state index contributed by atoms with van der Waals surface area (Å²) in [4.78, 5) is 28.0. The third-order valence-corrected chi connectivity index (χ3v) is 7.26. The van der Waals surface area contributed by atoms with Gasteiger partial charge >= 0.3 is 0 Å². The maximum atomic E-state index is 14.3. The van der Waals surface area contributed by atoms with Crippen LogP contribution < -0.4 is 4.90 Å². The zero-order chi connectivity index (χ0) is 22.9. The minimum atomic E-state index is -0.385. The number of aromatic nitrogens is 2. The molecule has 5 nitrogen and oxygen atoms in total. The second-order valence-corrected chi connectivity index (χ2v) is 9.85. The third-order valence-electron chi connectivity index (χ3n) is 5.33. The summed E-state index contributed by atoms with van der Waals surface area (Å²) in [5.41, 5.74) is 2.37. The molecule has 9 heteroatoms. The fourth-order valence-electron chi connectivity index (χ4n) is 3.65. The topological polar surface area (TPSA) is 49.3 Å². The van der Waals surface area contributed by atoms with Crippen molar-refractivity contribution >= 4 is 67.2 Å². The molecule has 0 saturated carbocycles. The lowest BCUT2D eigenvalue weighted by atomic mass is 10.1. The summed E-state index contributed by atoms with van der Waals surface area (Å²) in [5, 5.41) is 3.26. The van der Waals surface area contributed by atoms with Gasteiger partial charge in [-0.25, -0.2) is 14.4 Å². The second-order valence-electron chi connectivity index (χ2n) is 7.89. The van der Waals surface area contributed by atoms with Crippen LogP contribution in [0.25, 0.3) is 31.7 Å². The summed E-state index contributed by atoms with van der Waals surface area (Å²) in [6, 6.07) is 18.4. The van der Waals surface area contributed by atoms with Crippen molar-refractivity contribution in [2.75, 3.05) is 32.1 Å². The van der Waals surface area contributed by atoms with Crippen molar-refractivity contribution in [1.82, 2.24) is 14.9 Å². The van der Waals surface area contributed by atoms with Crippen molar-refractivity contribution in [1.29, 1.82) is 0 Å². The highest BCUT2D eigenvalue weighted by molar-refractivity contribution is 7.22. The first-order valence-electron chi connectivity index (χ1n) is 10.5. The van der Waals surface area contributed by atoms with E-state index in [2.05, 4.69) is 4.98 Å². The lowest BCUT2D eigenvalue weighted by Gasteiger charge is -2.23. The largest absolute Gasteiger partial charge is 0.308 e. The Hall–Kier alpha value is -2.91. The number of para-hydroxylation sites is 2. The number of thiazole rings is 1. The van der Waals surface area contributed by atoms with Crippen molar-refractivity contribution in [2.45, 2.75) is 0 Å². The minimum absolute atomic E-state index is 0. The fraction of sp³-hybridized carbons (Fsp3) is 0.160. The van der Waals surface area contributed by atoms with Crippen LogP contribution in [0.4, 0.5) is 9.52 Å². The van der Waals surface area contributed by atoms with Gasteiger partial charge in [0.15, 0.2) is 5.13 Å². The van der Waals surface area contributed by atoms with E-state index in [0.29, 0.717) is 34.0 Å². The van der Waals surface area contributed by atoms with Crippen molar-refractivity contribution in [3.63, 3.8) is 0 Å². The highest BCUT2D eigenvalue weighted by atomic mass is 35.5. The van der Waals surface area contributed by atoms with Crippen LogP contribution >= 0.6 is 35.1 Å². The number of carbonyl (C=O) groups excluding carboxylic acids is 1. The molecule has 34 heavy (non-hydrogen) atoms. The van der Waals surface area contributed by atoms with Gasteiger partial charge in [-0.15, -0.1) is 23.7 Å². The van der Waals surface area contributed by atoms with Crippen molar-refractivity contribution in [3.8, 4) is 10.6 Å². The van der Waals surface area contributed by atoms with Crippen LogP contribution in [0.5, 0.6) is 0 Å². The Morgan fingerprint density at radius 3 is 2.56 bits per heavy atom. The summed E-state index contributed by atoms with van der Waals surface area (Å²) in [6.07, 6.45) is 0. The van der Waals surface area contributed by atoms with Crippen LogP contribution in [-0.2, 0) is 0 Å². The van der Waals surface area contributed by atoms with E-state index < -0.39 is 0 Å². The number of fused-ring (bicyclic) bond motifs is 2. The number of anilines is 1. The number of nitrogens with zero attached hydrogens (tertiary/aromatic N) is 4. The van der Waals surface area contributed by atoms with Crippen LogP contribution in [0.2, 0.25) is 0 Å². The predicted octanol–water partition coefficient (Wildman–Crippen LogP) is 6.34. The Bertz CT molecular complexity index is 1450. The van der Waals surface area contributed by atoms with Gasteiger partial charge in [-0.05, 0) is 49.8 Å². The van der Waals surface area contributed by atoms with Crippen molar-refractivity contribution in [2.24, 2.45) is 0 Å². The van der Waals surface area contributed by atoms with Gasteiger partial charge in [-0.1, -0.05) is 41.7 Å². The first-order chi connectivity index (χ1) is 16.0. The Morgan fingerprint density at radius 2 is 1.82 bits per heavy atom. The van der Waals surface area contributed by atoms with E-state index >= 15 is 0 Å². The van der Waals surface area contributed by atoms with Crippen LogP contribution in [0.15, 0.2) is 66.0 Å². The molecule has 5 aromatic rings. The van der Waals surface area contributed by atoms with E-state index in [9.17, 15) is 9.18 Å². The molecule has 0 unspecified atom stereocenters. The number of hydrogen-bond acceptors (Lipinski definition) is 6. The SMILES string of the molecule is CN(C)CCN(C(=O)c1cc(-c2cccs2)nc2ccccc12)c1nc2c(F)cccc2s1.Cl. The zero-order valence-electron chi connectivity index (χ0n) is 18.6. The van der Waals surface area contributed by atoms with Crippen LogP contribution in [0, 0.1) is 5.82 Å². The number of halogens is 2. The zero-order valence-corrected chi connectivity index (χ0v) is 21.0. The molecule has 0 aliphatic heterocycles. The van der Waals surface area contributed by atoms with E-state index in [1.54, 1.807) is 22.3 Å². The Balaban J connectivity index is 0.00000274. The normalized spacial score (nSPS) is 11.2. The summed E-state index contributed by atoms with van der Waals surface area (Å²) in [7, 11) is 3.91. The van der Waals surface area contributed by atoms with Gasteiger partial charge in [0.25, 0.3) is 5.91 Å². The average molecular weight is 513 g/mol. The van der Waals surface area contributed by atoms with Crippen molar-refractivity contribution in [3.05, 3.63) is 77.4 Å². The van der Waals surface area contributed by atoms with Gasteiger partial charge in [0.2, 0.25) is 0 Å². The third kappa shape index (κ3) is 4.67. The lowest BCUT2D eigenvalue weighted by molar-refractivity contribution is 0.0986. The molecule has 3 aromatic heterocycles. The van der Waals surface area contributed by atoms with E-state index in [1.165, 1.54) is 17.4 Å². The number of hydrogen-bond donors (Lipinski definition) is 0. The van der Waals surface area contributed by atoms with E-state index in [1.807, 2.05) is 72.9 Å². The van der Waals surface area contributed by atoms with Gasteiger partial charge < -0.3 is 4.90 Å². The van der Waals surface area contributed by atoms with Crippen molar-refractivity contribution < 1.29 is 9.18 Å². The molecule has 0 fully saturated rings. The van der Waals surface area contributed by atoms with Crippen LogP contribution in [0.1, 0.15) is 10.4 Å². The van der Waals surface area contributed by atoms with E-state index in [-0.39, 0.29) is 24.1 Å². The molecule has 0 atom stereocenters. The number of pyridine rings is 1. The van der Waals surface area contributed by atoms with E-state index in [0.717, 1.165) is 21.5 Å². The first kappa shape index (κ1) is 24.2.